The number of carbonyl (C=O) groups excluding carboxylic acids is 2. The summed E-state index contributed by atoms with van der Waals surface area (Å²) in [5.74, 6) is 1.27. The zero-order valence-corrected chi connectivity index (χ0v) is 19.5. The quantitative estimate of drug-likeness (QED) is 0.275. The zero-order chi connectivity index (χ0) is 25.1. The van der Waals surface area contributed by atoms with Gasteiger partial charge in [-0.3, -0.25) is 0 Å². The van der Waals surface area contributed by atoms with Crippen LogP contribution in [-0.4, -0.2) is 38.3 Å². The second-order valence-corrected chi connectivity index (χ2v) is 7.66. The van der Waals surface area contributed by atoms with Crippen LogP contribution in [0.4, 0.5) is 0 Å². The van der Waals surface area contributed by atoms with Crippen molar-refractivity contribution in [2.75, 3.05) is 20.5 Å². The molecule has 182 valence electrons. The zero-order valence-electron chi connectivity index (χ0n) is 19.5. The summed E-state index contributed by atoms with van der Waals surface area (Å²) < 4.78 is 32.4. The topological polar surface area (TPSA) is 102 Å². The predicted molar refractivity (Wildman–Crippen MR) is 129 cm³/mol. The lowest BCUT2D eigenvalue weighted by atomic mass is 10.1. The van der Waals surface area contributed by atoms with Crippen LogP contribution in [0.3, 0.4) is 0 Å². The van der Waals surface area contributed by atoms with E-state index in [4.69, 9.17) is 28.4 Å². The molecule has 0 N–H and O–H groups in total. The summed E-state index contributed by atoms with van der Waals surface area (Å²) in [7, 11) is 1.55. The standard InChI is InChI=1S/C27H21NO8/c1-3-32-23-12-16(11-20-27(30)36-25(28-20)17-5-4-6-19(13-17)31-2)7-9-22(23)35-26(29)18-8-10-21-24(14-18)34-15-33-21/h4-14H,3,15H2,1-2H3/b20-11-. The van der Waals surface area contributed by atoms with Gasteiger partial charge in [-0.1, -0.05) is 12.1 Å². The molecule has 0 aromatic heterocycles. The van der Waals surface area contributed by atoms with Crippen LogP contribution < -0.4 is 23.7 Å². The summed E-state index contributed by atoms with van der Waals surface area (Å²) in [6.45, 7) is 2.26. The Bertz CT molecular complexity index is 1410. The van der Waals surface area contributed by atoms with Gasteiger partial charge in [0.1, 0.15) is 5.75 Å². The van der Waals surface area contributed by atoms with Gasteiger partial charge in [0, 0.05) is 5.56 Å². The lowest BCUT2D eigenvalue weighted by Gasteiger charge is -2.11. The lowest BCUT2D eigenvalue weighted by molar-refractivity contribution is -0.129. The normalized spacial score (nSPS) is 14.9. The Kier molecular flexibility index (Phi) is 6.27. The molecule has 3 aromatic rings. The first-order chi connectivity index (χ1) is 17.5. The first kappa shape index (κ1) is 23.0. The first-order valence-corrected chi connectivity index (χ1v) is 11.1. The molecular formula is C27H21NO8. The minimum atomic E-state index is -0.580. The van der Waals surface area contributed by atoms with Gasteiger partial charge in [0.05, 0.1) is 19.3 Å². The van der Waals surface area contributed by atoms with Crippen LogP contribution in [0.25, 0.3) is 6.08 Å². The maximum absolute atomic E-state index is 12.7. The minimum absolute atomic E-state index is 0.109. The smallest absolute Gasteiger partial charge is 0.363 e. The van der Waals surface area contributed by atoms with E-state index in [1.807, 2.05) is 6.92 Å². The van der Waals surface area contributed by atoms with Crippen LogP contribution in [0, 0.1) is 0 Å². The summed E-state index contributed by atoms with van der Waals surface area (Å²) in [6.07, 6.45) is 1.57. The number of fused-ring (bicyclic) bond motifs is 1. The van der Waals surface area contributed by atoms with E-state index in [0.717, 1.165) is 0 Å². The second kappa shape index (κ2) is 9.83. The van der Waals surface area contributed by atoms with E-state index in [1.165, 1.54) is 0 Å². The van der Waals surface area contributed by atoms with Crippen molar-refractivity contribution in [3.05, 3.63) is 83.1 Å². The number of aliphatic imine (C=N–C) groups is 1. The van der Waals surface area contributed by atoms with E-state index in [0.29, 0.717) is 46.3 Å². The van der Waals surface area contributed by atoms with Crippen LogP contribution in [0.5, 0.6) is 28.7 Å². The molecule has 0 bridgehead atoms. The summed E-state index contributed by atoms with van der Waals surface area (Å²) in [6, 6.07) is 16.8. The van der Waals surface area contributed by atoms with Gasteiger partial charge in [0.25, 0.3) is 0 Å². The lowest BCUT2D eigenvalue weighted by Crippen LogP contribution is -2.09. The van der Waals surface area contributed by atoms with Gasteiger partial charge in [-0.2, -0.15) is 0 Å². The van der Waals surface area contributed by atoms with Gasteiger partial charge in [-0.05, 0) is 67.1 Å². The third-order valence-corrected chi connectivity index (χ3v) is 5.32. The molecule has 2 aliphatic heterocycles. The van der Waals surface area contributed by atoms with Crippen LogP contribution >= 0.6 is 0 Å². The number of esters is 2. The molecule has 0 fully saturated rings. The van der Waals surface area contributed by atoms with Gasteiger partial charge in [0.15, 0.2) is 28.7 Å². The van der Waals surface area contributed by atoms with Crippen molar-refractivity contribution in [3.8, 4) is 28.7 Å². The molecule has 9 nitrogen and oxygen atoms in total. The van der Waals surface area contributed by atoms with E-state index in [2.05, 4.69) is 4.99 Å². The fourth-order valence-corrected chi connectivity index (χ4v) is 3.60. The summed E-state index contributed by atoms with van der Waals surface area (Å²) in [5, 5.41) is 0. The molecule has 0 amide bonds. The van der Waals surface area contributed by atoms with E-state index < -0.39 is 11.9 Å². The predicted octanol–water partition coefficient (Wildman–Crippen LogP) is 4.39. The number of benzene rings is 3. The van der Waals surface area contributed by atoms with Crippen molar-refractivity contribution in [3.63, 3.8) is 0 Å². The largest absolute Gasteiger partial charge is 0.497 e. The van der Waals surface area contributed by atoms with E-state index in [9.17, 15) is 9.59 Å². The third kappa shape index (κ3) is 4.72. The SMILES string of the molecule is CCOc1cc(/C=C2\N=C(c3cccc(OC)c3)OC2=O)ccc1OC(=O)c1ccc2c(c1)OCO2. The van der Waals surface area contributed by atoms with Crippen LogP contribution in [0.1, 0.15) is 28.4 Å². The number of methoxy groups -OCH3 is 1. The Morgan fingerprint density at radius 2 is 1.89 bits per heavy atom. The monoisotopic (exact) mass is 487 g/mol. The van der Waals surface area contributed by atoms with Crippen molar-refractivity contribution >= 4 is 23.9 Å². The fraction of sp³-hybridized carbons (Fsp3) is 0.148. The molecule has 5 rings (SSSR count). The molecule has 2 aliphatic rings. The Balaban J connectivity index is 1.38. The van der Waals surface area contributed by atoms with Crippen LogP contribution in [-0.2, 0) is 9.53 Å². The van der Waals surface area contributed by atoms with Crippen molar-refractivity contribution in [2.24, 2.45) is 4.99 Å². The molecule has 2 heterocycles. The van der Waals surface area contributed by atoms with Gasteiger partial charge in [-0.25, -0.2) is 14.6 Å². The highest BCUT2D eigenvalue weighted by Crippen LogP contribution is 2.34. The Hall–Kier alpha value is -4.79. The molecule has 0 spiro atoms. The molecule has 0 aliphatic carbocycles. The van der Waals surface area contributed by atoms with Gasteiger partial charge in [-0.15, -0.1) is 0 Å². The highest BCUT2D eigenvalue weighted by molar-refractivity contribution is 6.13. The molecular weight excluding hydrogens is 466 g/mol. The average molecular weight is 487 g/mol. The second-order valence-electron chi connectivity index (χ2n) is 7.66. The van der Waals surface area contributed by atoms with Crippen LogP contribution in [0.15, 0.2) is 71.4 Å². The molecule has 0 radical (unpaired) electrons. The highest BCUT2D eigenvalue weighted by atomic mass is 16.7. The molecule has 0 atom stereocenters. The maximum Gasteiger partial charge on any atom is 0.363 e. The minimum Gasteiger partial charge on any atom is -0.497 e. The summed E-state index contributed by atoms with van der Waals surface area (Å²) in [4.78, 5) is 29.5. The Labute approximate surface area is 206 Å². The Morgan fingerprint density at radius 1 is 1.03 bits per heavy atom. The molecule has 0 saturated heterocycles. The molecule has 36 heavy (non-hydrogen) atoms. The maximum atomic E-state index is 12.7. The van der Waals surface area contributed by atoms with E-state index >= 15 is 0 Å². The number of hydrogen-bond donors (Lipinski definition) is 0. The first-order valence-electron chi connectivity index (χ1n) is 11.1. The molecule has 9 heteroatoms. The number of rotatable bonds is 7. The van der Waals surface area contributed by atoms with Crippen molar-refractivity contribution in [1.29, 1.82) is 0 Å². The number of ether oxygens (including phenoxy) is 6. The van der Waals surface area contributed by atoms with Crippen LogP contribution in [0.2, 0.25) is 0 Å². The average Bonchev–Trinajstić information content (AvgIpc) is 3.51. The van der Waals surface area contributed by atoms with E-state index in [1.54, 1.807) is 73.8 Å². The number of carbonyl (C=O) groups is 2. The molecule has 0 saturated carbocycles. The van der Waals surface area contributed by atoms with Crippen molar-refractivity contribution in [2.45, 2.75) is 6.92 Å². The van der Waals surface area contributed by atoms with Crippen molar-refractivity contribution < 1.29 is 38.0 Å². The van der Waals surface area contributed by atoms with Gasteiger partial charge >= 0.3 is 11.9 Å². The number of nitrogens with zero attached hydrogens (tertiary/aromatic N) is 1. The summed E-state index contributed by atoms with van der Waals surface area (Å²) in [5.41, 5.74) is 1.66. The molecule has 3 aromatic carbocycles. The molecule has 0 unspecified atom stereocenters. The third-order valence-electron chi connectivity index (χ3n) is 5.32. The number of cyclic esters (lactones) is 1. The van der Waals surface area contributed by atoms with Gasteiger partial charge < -0.3 is 28.4 Å². The number of hydrogen-bond acceptors (Lipinski definition) is 9. The highest BCUT2D eigenvalue weighted by Gasteiger charge is 2.25. The van der Waals surface area contributed by atoms with Gasteiger partial charge in [0.2, 0.25) is 12.7 Å². The fourth-order valence-electron chi connectivity index (χ4n) is 3.60. The Morgan fingerprint density at radius 3 is 2.72 bits per heavy atom. The summed E-state index contributed by atoms with van der Waals surface area (Å²) >= 11 is 0. The van der Waals surface area contributed by atoms with E-state index in [-0.39, 0.29) is 24.1 Å². The van der Waals surface area contributed by atoms with Crippen molar-refractivity contribution in [1.82, 2.24) is 0 Å².